The van der Waals surface area contributed by atoms with E-state index >= 15 is 0 Å². The second-order valence-corrected chi connectivity index (χ2v) is 4.61. The summed E-state index contributed by atoms with van der Waals surface area (Å²) in [4.78, 5) is 11.5. The van der Waals surface area contributed by atoms with Crippen molar-refractivity contribution in [1.82, 2.24) is 10.4 Å². The van der Waals surface area contributed by atoms with Gasteiger partial charge in [-0.05, 0) is 22.8 Å². The summed E-state index contributed by atoms with van der Waals surface area (Å²) in [5.41, 5.74) is 3.94. The van der Waals surface area contributed by atoms with Crippen LogP contribution in [0.15, 0.2) is 42.5 Å². The van der Waals surface area contributed by atoms with Gasteiger partial charge in [-0.2, -0.15) is 0 Å². The second kappa shape index (κ2) is 5.65. The first-order valence-corrected chi connectivity index (χ1v) is 6.09. The minimum Gasteiger partial charge on any atom is -0.289 e. The third kappa shape index (κ3) is 3.31. The van der Waals surface area contributed by atoms with Gasteiger partial charge in [0.2, 0.25) is 5.91 Å². The molecule has 0 radical (unpaired) electrons. The van der Waals surface area contributed by atoms with Gasteiger partial charge < -0.3 is 0 Å². The van der Waals surface area contributed by atoms with Crippen molar-refractivity contribution in [3.63, 3.8) is 0 Å². The van der Waals surface area contributed by atoms with Gasteiger partial charge in [0, 0.05) is 20.5 Å². The molecule has 0 fully saturated rings. The first-order chi connectivity index (χ1) is 8.65. The Labute approximate surface area is 107 Å². The van der Waals surface area contributed by atoms with Gasteiger partial charge in [-0.15, -0.1) is 0 Å². The zero-order valence-electron chi connectivity index (χ0n) is 10.8. The largest absolute Gasteiger partial charge is 0.289 e. The standard InChI is InChI=1S/C15H18N2O/c1-17(2)16-15(18)10-8-12-7-9-13-5-3-4-6-14(13)11-12/h3-7,9,11H,8,10H2,1-2H3,(H,16,18). The number of nitrogens with one attached hydrogen (secondary N) is 1. The number of hydrazine groups is 1. The van der Waals surface area contributed by atoms with Gasteiger partial charge >= 0.3 is 0 Å². The average Bonchev–Trinajstić information content (AvgIpc) is 2.35. The summed E-state index contributed by atoms with van der Waals surface area (Å²) in [7, 11) is 3.63. The van der Waals surface area contributed by atoms with Crippen LogP contribution in [0.1, 0.15) is 12.0 Å². The summed E-state index contributed by atoms with van der Waals surface area (Å²) in [6.07, 6.45) is 1.28. The molecule has 1 amide bonds. The Kier molecular flexibility index (Phi) is 3.95. The Morgan fingerprint density at radius 3 is 2.56 bits per heavy atom. The maximum absolute atomic E-state index is 11.5. The number of rotatable bonds is 4. The van der Waals surface area contributed by atoms with Gasteiger partial charge in [0.25, 0.3) is 0 Å². The fourth-order valence-corrected chi connectivity index (χ4v) is 1.96. The predicted octanol–water partition coefficient (Wildman–Crippen LogP) is 2.37. The summed E-state index contributed by atoms with van der Waals surface area (Å²) in [5, 5.41) is 4.13. The molecular weight excluding hydrogens is 224 g/mol. The van der Waals surface area contributed by atoms with Crippen LogP contribution < -0.4 is 5.43 Å². The summed E-state index contributed by atoms with van der Waals surface area (Å²) >= 11 is 0. The van der Waals surface area contributed by atoms with E-state index in [1.54, 1.807) is 5.01 Å². The third-order valence-electron chi connectivity index (χ3n) is 2.80. The van der Waals surface area contributed by atoms with E-state index in [-0.39, 0.29) is 5.91 Å². The van der Waals surface area contributed by atoms with Gasteiger partial charge in [-0.1, -0.05) is 42.5 Å². The van der Waals surface area contributed by atoms with E-state index in [0.29, 0.717) is 6.42 Å². The van der Waals surface area contributed by atoms with E-state index in [0.717, 1.165) is 6.42 Å². The monoisotopic (exact) mass is 242 g/mol. The lowest BCUT2D eigenvalue weighted by atomic mass is 10.0. The topological polar surface area (TPSA) is 32.3 Å². The fourth-order valence-electron chi connectivity index (χ4n) is 1.96. The second-order valence-electron chi connectivity index (χ2n) is 4.61. The molecule has 0 saturated carbocycles. The average molecular weight is 242 g/mol. The molecule has 0 aliphatic rings. The number of carbonyl (C=O) groups is 1. The van der Waals surface area contributed by atoms with E-state index in [9.17, 15) is 4.79 Å². The van der Waals surface area contributed by atoms with Crippen molar-refractivity contribution in [2.24, 2.45) is 0 Å². The lowest BCUT2D eigenvalue weighted by Crippen LogP contribution is -2.36. The highest BCUT2D eigenvalue weighted by molar-refractivity contribution is 5.83. The van der Waals surface area contributed by atoms with Crippen LogP contribution in [0.5, 0.6) is 0 Å². The Morgan fingerprint density at radius 1 is 1.11 bits per heavy atom. The number of fused-ring (bicyclic) bond motifs is 1. The molecule has 0 spiro atoms. The highest BCUT2D eigenvalue weighted by atomic mass is 16.2. The molecule has 0 saturated heterocycles. The fraction of sp³-hybridized carbons (Fsp3) is 0.267. The Balaban J connectivity index is 2.01. The molecule has 0 aliphatic carbocycles. The predicted molar refractivity (Wildman–Crippen MR) is 74.1 cm³/mol. The number of hydrogen-bond acceptors (Lipinski definition) is 2. The van der Waals surface area contributed by atoms with Crippen LogP contribution >= 0.6 is 0 Å². The molecule has 3 heteroatoms. The molecular formula is C15H18N2O. The van der Waals surface area contributed by atoms with E-state index < -0.39 is 0 Å². The van der Waals surface area contributed by atoms with Crippen molar-refractivity contribution < 1.29 is 4.79 Å². The highest BCUT2D eigenvalue weighted by Gasteiger charge is 2.03. The van der Waals surface area contributed by atoms with Crippen LogP contribution in [0, 0.1) is 0 Å². The Bertz CT molecular complexity index is 549. The number of nitrogens with zero attached hydrogens (tertiary/aromatic N) is 1. The molecule has 0 bridgehead atoms. The molecule has 1 N–H and O–H groups in total. The smallest absolute Gasteiger partial charge is 0.234 e. The lowest BCUT2D eigenvalue weighted by molar-refractivity contribution is -0.124. The summed E-state index contributed by atoms with van der Waals surface area (Å²) in [6.45, 7) is 0. The molecule has 2 aromatic carbocycles. The highest BCUT2D eigenvalue weighted by Crippen LogP contribution is 2.16. The van der Waals surface area contributed by atoms with Crippen LogP contribution in [-0.4, -0.2) is 25.0 Å². The van der Waals surface area contributed by atoms with Gasteiger partial charge in [-0.25, -0.2) is 5.01 Å². The number of hydrogen-bond donors (Lipinski definition) is 1. The third-order valence-corrected chi connectivity index (χ3v) is 2.80. The van der Waals surface area contributed by atoms with Gasteiger partial charge in [0.05, 0.1) is 0 Å². The zero-order chi connectivity index (χ0) is 13.0. The van der Waals surface area contributed by atoms with Crippen molar-refractivity contribution in [3.05, 3.63) is 48.0 Å². The lowest BCUT2D eigenvalue weighted by Gasteiger charge is -2.11. The maximum atomic E-state index is 11.5. The Hall–Kier alpha value is -1.87. The summed E-state index contributed by atoms with van der Waals surface area (Å²) < 4.78 is 0. The molecule has 2 aromatic rings. The maximum Gasteiger partial charge on any atom is 0.234 e. The number of benzene rings is 2. The first kappa shape index (κ1) is 12.6. The van der Waals surface area contributed by atoms with Crippen LogP contribution in [-0.2, 0) is 11.2 Å². The van der Waals surface area contributed by atoms with Crippen LogP contribution in [0.4, 0.5) is 0 Å². The number of aryl methyl sites for hydroxylation is 1. The summed E-state index contributed by atoms with van der Waals surface area (Å²) in [5.74, 6) is 0.0492. The molecule has 0 heterocycles. The molecule has 0 unspecified atom stereocenters. The summed E-state index contributed by atoms with van der Waals surface area (Å²) in [6, 6.07) is 14.6. The normalized spacial score (nSPS) is 10.8. The van der Waals surface area contributed by atoms with Crippen molar-refractivity contribution >= 4 is 16.7 Å². The minimum atomic E-state index is 0.0492. The zero-order valence-corrected chi connectivity index (χ0v) is 10.8. The van der Waals surface area contributed by atoms with Crippen molar-refractivity contribution in [2.75, 3.05) is 14.1 Å². The van der Waals surface area contributed by atoms with Gasteiger partial charge in [0.1, 0.15) is 0 Å². The van der Waals surface area contributed by atoms with Crippen molar-refractivity contribution in [1.29, 1.82) is 0 Å². The van der Waals surface area contributed by atoms with Crippen LogP contribution in [0.2, 0.25) is 0 Å². The van der Waals surface area contributed by atoms with E-state index in [1.165, 1.54) is 16.3 Å². The van der Waals surface area contributed by atoms with E-state index in [1.807, 2.05) is 26.2 Å². The SMILES string of the molecule is CN(C)NC(=O)CCc1ccc2ccccc2c1. The molecule has 3 nitrogen and oxygen atoms in total. The van der Waals surface area contributed by atoms with E-state index in [2.05, 4.69) is 35.8 Å². The number of carbonyl (C=O) groups excluding carboxylic acids is 1. The molecule has 0 atom stereocenters. The van der Waals surface area contributed by atoms with Gasteiger partial charge in [-0.3, -0.25) is 10.2 Å². The van der Waals surface area contributed by atoms with Crippen LogP contribution in [0.25, 0.3) is 10.8 Å². The van der Waals surface area contributed by atoms with Crippen LogP contribution in [0.3, 0.4) is 0 Å². The van der Waals surface area contributed by atoms with E-state index in [4.69, 9.17) is 0 Å². The number of amides is 1. The van der Waals surface area contributed by atoms with Crippen molar-refractivity contribution in [3.8, 4) is 0 Å². The quantitative estimate of drug-likeness (QED) is 0.835. The van der Waals surface area contributed by atoms with Crippen molar-refractivity contribution in [2.45, 2.75) is 12.8 Å². The van der Waals surface area contributed by atoms with Gasteiger partial charge in [0.15, 0.2) is 0 Å². The molecule has 0 aliphatic heterocycles. The molecule has 0 aromatic heterocycles. The molecule has 94 valence electrons. The first-order valence-electron chi connectivity index (χ1n) is 6.09. The molecule has 2 rings (SSSR count). The Morgan fingerprint density at radius 2 is 1.83 bits per heavy atom. The molecule has 18 heavy (non-hydrogen) atoms. The minimum absolute atomic E-state index is 0.0492.